The van der Waals surface area contributed by atoms with Crippen LogP contribution in [0.3, 0.4) is 0 Å². The molecule has 0 spiro atoms. The van der Waals surface area contributed by atoms with Crippen molar-refractivity contribution >= 4 is 23.2 Å². The molecule has 164 valence electrons. The van der Waals surface area contributed by atoms with E-state index in [1.807, 2.05) is 12.1 Å². The van der Waals surface area contributed by atoms with Crippen molar-refractivity contribution in [3.8, 4) is 0 Å². The van der Waals surface area contributed by atoms with Crippen LogP contribution in [0.4, 0.5) is 11.4 Å². The summed E-state index contributed by atoms with van der Waals surface area (Å²) in [5, 5.41) is 14.4. The predicted molar refractivity (Wildman–Crippen MR) is 118 cm³/mol. The van der Waals surface area contributed by atoms with E-state index in [0.29, 0.717) is 5.41 Å². The molecule has 4 fully saturated rings. The van der Waals surface area contributed by atoms with Crippen LogP contribution >= 0.6 is 0 Å². The van der Waals surface area contributed by atoms with Crippen molar-refractivity contribution in [2.75, 3.05) is 12.0 Å². The quantitative estimate of drug-likeness (QED) is 0.420. The summed E-state index contributed by atoms with van der Waals surface area (Å²) in [7, 11) is 0. The van der Waals surface area contributed by atoms with E-state index < -0.39 is 16.7 Å². The first kappa shape index (κ1) is 19.5. The minimum Gasteiger partial charge on any atom is -0.367 e. The van der Waals surface area contributed by atoms with Gasteiger partial charge in [0.25, 0.3) is 17.5 Å². The fourth-order valence-corrected chi connectivity index (χ4v) is 7.19. The Bertz CT molecular complexity index is 1110. The summed E-state index contributed by atoms with van der Waals surface area (Å²) in [5.41, 5.74) is 2.20. The topological polar surface area (TPSA) is 92.5 Å². The molecule has 7 rings (SSSR count). The molecule has 4 bridgehead atoms. The van der Waals surface area contributed by atoms with Crippen molar-refractivity contribution in [1.82, 2.24) is 4.90 Å². The molecule has 0 unspecified atom stereocenters. The van der Waals surface area contributed by atoms with Gasteiger partial charge >= 0.3 is 0 Å². The average molecular weight is 431 g/mol. The summed E-state index contributed by atoms with van der Waals surface area (Å²) in [4.78, 5) is 37.1. The SMILES string of the molecule is O=C1c2cccc([N+](=O)[O-])c2C(=O)N1CNc1ccc(C23CC4CC(CC(C4)C2)C3)cc1. The number of nitro groups is 1. The molecule has 1 aliphatic heterocycles. The molecule has 2 amide bonds. The van der Waals surface area contributed by atoms with Gasteiger partial charge in [-0.3, -0.25) is 24.6 Å². The maximum absolute atomic E-state index is 12.7. The molecule has 4 aliphatic carbocycles. The molecule has 7 nitrogen and oxygen atoms in total. The molecule has 32 heavy (non-hydrogen) atoms. The van der Waals surface area contributed by atoms with Crippen molar-refractivity contribution in [1.29, 1.82) is 0 Å². The maximum Gasteiger partial charge on any atom is 0.282 e. The van der Waals surface area contributed by atoms with Gasteiger partial charge in [0, 0.05) is 11.8 Å². The molecular weight excluding hydrogens is 406 g/mol. The van der Waals surface area contributed by atoms with Gasteiger partial charge in [0.2, 0.25) is 0 Å². The van der Waals surface area contributed by atoms with Gasteiger partial charge in [0.1, 0.15) is 5.56 Å². The lowest BCUT2D eigenvalue weighted by Gasteiger charge is -2.57. The highest BCUT2D eigenvalue weighted by Gasteiger charge is 2.51. The summed E-state index contributed by atoms with van der Waals surface area (Å²) in [6.45, 7) is -0.0276. The molecule has 0 atom stereocenters. The second-order valence-electron chi connectivity index (χ2n) is 10.1. The molecule has 0 saturated heterocycles. The van der Waals surface area contributed by atoms with Crippen LogP contribution in [0.25, 0.3) is 0 Å². The number of fused-ring (bicyclic) bond motifs is 1. The van der Waals surface area contributed by atoms with Gasteiger partial charge < -0.3 is 5.32 Å². The maximum atomic E-state index is 12.7. The number of benzene rings is 2. The first-order valence-corrected chi connectivity index (χ1v) is 11.4. The van der Waals surface area contributed by atoms with Gasteiger partial charge in [-0.25, -0.2) is 0 Å². The minimum absolute atomic E-state index is 0.0276. The lowest BCUT2D eigenvalue weighted by atomic mass is 9.48. The fourth-order valence-electron chi connectivity index (χ4n) is 7.19. The summed E-state index contributed by atoms with van der Waals surface area (Å²) in [5.74, 6) is 1.52. The Morgan fingerprint density at radius 3 is 2.16 bits per heavy atom. The van der Waals surface area contributed by atoms with Crippen molar-refractivity contribution in [3.05, 3.63) is 69.3 Å². The van der Waals surface area contributed by atoms with Crippen molar-refractivity contribution in [2.24, 2.45) is 17.8 Å². The lowest BCUT2D eigenvalue weighted by molar-refractivity contribution is -0.385. The Morgan fingerprint density at radius 1 is 0.938 bits per heavy atom. The zero-order valence-corrected chi connectivity index (χ0v) is 17.8. The van der Waals surface area contributed by atoms with E-state index in [9.17, 15) is 19.7 Å². The second kappa shape index (κ2) is 6.89. The Morgan fingerprint density at radius 2 is 1.56 bits per heavy atom. The number of anilines is 1. The second-order valence-corrected chi connectivity index (χ2v) is 10.1. The van der Waals surface area contributed by atoms with Gasteiger partial charge in [0.05, 0.1) is 17.2 Å². The van der Waals surface area contributed by atoms with Gasteiger partial charge in [0.15, 0.2) is 0 Å². The molecule has 2 aromatic carbocycles. The lowest BCUT2D eigenvalue weighted by Crippen LogP contribution is -2.48. The van der Waals surface area contributed by atoms with Crippen molar-refractivity contribution < 1.29 is 14.5 Å². The Labute approximate surface area is 185 Å². The summed E-state index contributed by atoms with van der Waals surface area (Å²) in [6, 6.07) is 12.6. The van der Waals surface area contributed by atoms with Crippen LogP contribution in [0, 0.1) is 27.9 Å². The highest BCUT2D eigenvalue weighted by atomic mass is 16.6. The van der Waals surface area contributed by atoms with Crippen LogP contribution < -0.4 is 5.32 Å². The number of rotatable bonds is 5. The molecule has 5 aliphatic rings. The molecule has 2 aromatic rings. The van der Waals surface area contributed by atoms with Gasteiger partial charge in [-0.05, 0) is 85.5 Å². The number of nitrogens with one attached hydrogen (secondary N) is 1. The molecule has 0 aromatic heterocycles. The highest BCUT2D eigenvalue weighted by Crippen LogP contribution is 2.60. The van der Waals surface area contributed by atoms with E-state index in [0.717, 1.165) is 28.3 Å². The number of nitrogens with zero attached hydrogens (tertiary/aromatic N) is 2. The summed E-state index contributed by atoms with van der Waals surface area (Å²) >= 11 is 0. The van der Waals surface area contributed by atoms with E-state index in [1.54, 1.807) is 0 Å². The van der Waals surface area contributed by atoms with Crippen molar-refractivity contribution in [2.45, 2.75) is 43.9 Å². The van der Waals surface area contributed by atoms with Crippen LogP contribution in [0.15, 0.2) is 42.5 Å². The van der Waals surface area contributed by atoms with Crippen LogP contribution in [0.1, 0.15) is 64.8 Å². The monoisotopic (exact) mass is 431 g/mol. The molecule has 7 heteroatoms. The first-order chi connectivity index (χ1) is 15.4. The summed E-state index contributed by atoms with van der Waals surface area (Å²) < 4.78 is 0. The zero-order chi connectivity index (χ0) is 22.0. The standard InChI is InChI=1S/C25H25N3O4/c29-23-20-2-1-3-21(28(31)32)22(20)24(30)27(23)14-26-19-6-4-18(5-7-19)25-11-15-8-16(12-25)10-17(9-15)13-25/h1-7,15-17,26H,8-14H2. The Balaban J connectivity index is 1.17. The fraction of sp³-hybridized carbons (Fsp3) is 0.440. The van der Waals surface area contributed by atoms with E-state index in [1.165, 1.54) is 62.3 Å². The van der Waals surface area contributed by atoms with E-state index in [2.05, 4.69) is 17.4 Å². The molecule has 0 radical (unpaired) electrons. The molecule has 1 N–H and O–H groups in total. The third kappa shape index (κ3) is 2.87. The average Bonchev–Trinajstić information content (AvgIpc) is 3.01. The van der Waals surface area contributed by atoms with E-state index in [-0.39, 0.29) is 23.5 Å². The predicted octanol–water partition coefficient (Wildman–Crippen LogP) is 4.73. The third-order valence-corrected chi connectivity index (χ3v) is 8.15. The number of carbonyl (C=O) groups excluding carboxylic acids is 2. The van der Waals surface area contributed by atoms with Crippen molar-refractivity contribution in [3.63, 3.8) is 0 Å². The van der Waals surface area contributed by atoms with Gasteiger partial charge in [-0.1, -0.05) is 18.2 Å². The van der Waals surface area contributed by atoms with E-state index in [4.69, 9.17) is 0 Å². The Kier molecular flexibility index (Phi) is 4.19. The molecular formula is C25H25N3O4. The number of hydrogen-bond acceptors (Lipinski definition) is 5. The first-order valence-electron chi connectivity index (χ1n) is 11.4. The highest BCUT2D eigenvalue weighted by molar-refractivity contribution is 6.23. The smallest absolute Gasteiger partial charge is 0.282 e. The number of hydrogen-bond donors (Lipinski definition) is 1. The Hall–Kier alpha value is -3.22. The number of carbonyl (C=O) groups is 2. The van der Waals surface area contributed by atoms with Crippen LogP contribution in [-0.2, 0) is 5.41 Å². The van der Waals surface area contributed by atoms with Crippen LogP contribution in [-0.4, -0.2) is 28.3 Å². The number of nitro benzene ring substituents is 1. The molecule has 4 saturated carbocycles. The zero-order valence-electron chi connectivity index (χ0n) is 17.8. The van der Waals surface area contributed by atoms with Crippen LogP contribution in [0.5, 0.6) is 0 Å². The number of imide groups is 1. The minimum atomic E-state index is -0.630. The normalized spacial score (nSPS) is 30.0. The van der Waals surface area contributed by atoms with Gasteiger partial charge in [-0.15, -0.1) is 0 Å². The largest absolute Gasteiger partial charge is 0.367 e. The van der Waals surface area contributed by atoms with Gasteiger partial charge in [-0.2, -0.15) is 0 Å². The van der Waals surface area contributed by atoms with E-state index >= 15 is 0 Å². The van der Waals surface area contributed by atoms with Crippen LogP contribution in [0.2, 0.25) is 0 Å². The summed E-state index contributed by atoms with van der Waals surface area (Å²) in [6.07, 6.45) is 8.16. The number of amides is 2. The molecule has 1 heterocycles. The third-order valence-electron chi connectivity index (χ3n) is 8.15.